The minimum atomic E-state index is 0.111. The lowest BCUT2D eigenvalue weighted by atomic mass is 9.91. The number of thiophene rings is 1. The molecule has 3 nitrogen and oxygen atoms in total. The normalized spacial score (nSPS) is 11.5. The van der Waals surface area contributed by atoms with E-state index in [2.05, 4.69) is 46.9 Å². The van der Waals surface area contributed by atoms with Gasteiger partial charge >= 0.3 is 0 Å². The Kier molecular flexibility index (Phi) is 3.43. The van der Waals surface area contributed by atoms with Crippen LogP contribution in [0.1, 0.15) is 24.3 Å². The summed E-state index contributed by atoms with van der Waals surface area (Å²) in [5.74, 6) is 0.842. The van der Waals surface area contributed by atoms with Crippen molar-refractivity contribution in [1.29, 1.82) is 0 Å². The fourth-order valence-electron chi connectivity index (χ4n) is 1.61. The molecule has 0 atom stereocenters. The van der Waals surface area contributed by atoms with E-state index in [0.717, 1.165) is 17.9 Å². The van der Waals surface area contributed by atoms with Crippen LogP contribution in [0.5, 0.6) is 0 Å². The van der Waals surface area contributed by atoms with Crippen molar-refractivity contribution in [1.82, 2.24) is 10.2 Å². The van der Waals surface area contributed by atoms with Gasteiger partial charge in [0.05, 0.1) is 6.20 Å². The zero-order chi connectivity index (χ0) is 12.3. The maximum absolute atomic E-state index is 4.07. The molecular weight excluding hydrogens is 230 g/mol. The van der Waals surface area contributed by atoms with Gasteiger partial charge in [-0.3, -0.25) is 0 Å². The van der Waals surface area contributed by atoms with Crippen LogP contribution < -0.4 is 5.32 Å². The van der Waals surface area contributed by atoms with E-state index < -0.39 is 0 Å². The summed E-state index contributed by atoms with van der Waals surface area (Å²) < 4.78 is 0. The standard InChI is InChI=1S/C13H17N3S/c1-10-7-12(16-15-8-10)14-9-13(2,3)11-5-4-6-17-11/h4-8H,9H2,1-3H3,(H,14,16). The van der Waals surface area contributed by atoms with Gasteiger partial charge in [-0.25, -0.2) is 0 Å². The summed E-state index contributed by atoms with van der Waals surface area (Å²) in [5, 5.41) is 13.5. The smallest absolute Gasteiger partial charge is 0.148 e. The Hall–Kier alpha value is -1.42. The van der Waals surface area contributed by atoms with Gasteiger partial charge in [-0.1, -0.05) is 19.9 Å². The molecule has 0 aliphatic carbocycles. The second kappa shape index (κ2) is 4.84. The molecule has 0 saturated carbocycles. The lowest BCUT2D eigenvalue weighted by Gasteiger charge is -2.23. The molecule has 90 valence electrons. The van der Waals surface area contributed by atoms with Gasteiger partial charge in [0.1, 0.15) is 5.82 Å². The van der Waals surface area contributed by atoms with E-state index in [-0.39, 0.29) is 5.41 Å². The molecule has 0 radical (unpaired) electrons. The van der Waals surface area contributed by atoms with Gasteiger partial charge in [-0.2, -0.15) is 5.10 Å². The fourth-order valence-corrected chi connectivity index (χ4v) is 2.46. The first-order valence-corrected chi connectivity index (χ1v) is 6.53. The Morgan fingerprint density at radius 3 is 2.88 bits per heavy atom. The van der Waals surface area contributed by atoms with Gasteiger partial charge < -0.3 is 5.32 Å². The van der Waals surface area contributed by atoms with Gasteiger partial charge in [0.2, 0.25) is 0 Å². The Morgan fingerprint density at radius 1 is 1.41 bits per heavy atom. The van der Waals surface area contributed by atoms with Gasteiger partial charge in [-0.15, -0.1) is 16.4 Å². The predicted octanol–water partition coefficient (Wildman–Crippen LogP) is 3.24. The summed E-state index contributed by atoms with van der Waals surface area (Å²) >= 11 is 1.79. The number of nitrogens with one attached hydrogen (secondary N) is 1. The van der Waals surface area contributed by atoms with Crippen molar-refractivity contribution in [2.45, 2.75) is 26.2 Å². The van der Waals surface area contributed by atoms with Crippen molar-refractivity contribution in [2.24, 2.45) is 0 Å². The lowest BCUT2D eigenvalue weighted by molar-refractivity contribution is 0.567. The monoisotopic (exact) mass is 247 g/mol. The maximum atomic E-state index is 4.07. The summed E-state index contributed by atoms with van der Waals surface area (Å²) in [7, 11) is 0. The Labute approximate surface area is 106 Å². The summed E-state index contributed by atoms with van der Waals surface area (Å²) in [5.41, 5.74) is 1.23. The average Bonchev–Trinajstić information content (AvgIpc) is 2.81. The number of anilines is 1. The van der Waals surface area contributed by atoms with Crippen molar-refractivity contribution in [2.75, 3.05) is 11.9 Å². The second-order valence-corrected chi connectivity index (χ2v) is 5.78. The van der Waals surface area contributed by atoms with Crippen molar-refractivity contribution in [3.63, 3.8) is 0 Å². The third-order valence-corrected chi connectivity index (χ3v) is 3.93. The van der Waals surface area contributed by atoms with Crippen molar-refractivity contribution >= 4 is 17.2 Å². The predicted molar refractivity (Wildman–Crippen MR) is 72.6 cm³/mol. The van der Waals surface area contributed by atoms with E-state index >= 15 is 0 Å². The summed E-state index contributed by atoms with van der Waals surface area (Å²) in [6, 6.07) is 6.28. The van der Waals surface area contributed by atoms with E-state index in [1.807, 2.05) is 13.0 Å². The van der Waals surface area contributed by atoms with Crippen LogP contribution in [0.3, 0.4) is 0 Å². The highest BCUT2D eigenvalue weighted by Gasteiger charge is 2.21. The maximum Gasteiger partial charge on any atom is 0.148 e. The fraction of sp³-hybridized carbons (Fsp3) is 0.385. The molecular formula is C13H17N3S. The number of rotatable bonds is 4. The first-order valence-electron chi connectivity index (χ1n) is 5.65. The van der Waals surface area contributed by atoms with Crippen LogP contribution in [-0.4, -0.2) is 16.7 Å². The molecule has 2 heterocycles. The molecule has 0 fully saturated rings. The molecule has 0 aromatic carbocycles. The summed E-state index contributed by atoms with van der Waals surface area (Å²) in [4.78, 5) is 1.38. The van der Waals surface area contributed by atoms with E-state index in [9.17, 15) is 0 Å². The van der Waals surface area contributed by atoms with Crippen molar-refractivity contribution in [3.8, 4) is 0 Å². The lowest BCUT2D eigenvalue weighted by Crippen LogP contribution is -2.26. The van der Waals surface area contributed by atoms with Gasteiger partial charge in [0.15, 0.2) is 0 Å². The summed E-state index contributed by atoms with van der Waals surface area (Å²) in [6.07, 6.45) is 1.76. The molecule has 0 unspecified atom stereocenters. The molecule has 2 aromatic heterocycles. The van der Waals surface area contributed by atoms with Gasteiger partial charge in [0, 0.05) is 16.8 Å². The number of hydrogen-bond acceptors (Lipinski definition) is 4. The third kappa shape index (κ3) is 3.03. The zero-order valence-electron chi connectivity index (χ0n) is 10.4. The summed E-state index contributed by atoms with van der Waals surface area (Å²) in [6.45, 7) is 7.33. The van der Waals surface area contributed by atoms with Gasteiger partial charge in [0.25, 0.3) is 0 Å². The van der Waals surface area contributed by atoms with Crippen molar-refractivity contribution < 1.29 is 0 Å². The Morgan fingerprint density at radius 2 is 2.24 bits per heavy atom. The van der Waals surface area contributed by atoms with E-state index in [0.29, 0.717) is 0 Å². The molecule has 0 bridgehead atoms. The number of nitrogens with zero attached hydrogens (tertiary/aromatic N) is 2. The average molecular weight is 247 g/mol. The second-order valence-electron chi connectivity index (χ2n) is 4.83. The first kappa shape index (κ1) is 12.0. The SMILES string of the molecule is Cc1cnnc(NCC(C)(C)c2cccs2)c1. The van der Waals surface area contributed by atoms with Crippen LogP contribution in [-0.2, 0) is 5.41 Å². The van der Waals surface area contributed by atoms with E-state index in [1.165, 1.54) is 4.88 Å². The van der Waals surface area contributed by atoms with Crippen LogP contribution in [0.2, 0.25) is 0 Å². The highest BCUT2D eigenvalue weighted by Crippen LogP contribution is 2.27. The first-order chi connectivity index (χ1) is 8.08. The largest absolute Gasteiger partial charge is 0.368 e. The minimum absolute atomic E-state index is 0.111. The molecule has 4 heteroatoms. The van der Waals surface area contributed by atoms with E-state index in [4.69, 9.17) is 0 Å². The molecule has 1 N–H and O–H groups in total. The Balaban J connectivity index is 2.03. The molecule has 0 amide bonds. The van der Waals surface area contributed by atoms with Crippen LogP contribution >= 0.6 is 11.3 Å². The number of hydrogen-bond donors (Lipinski definition) is 1. The zero-order valence-corrected chi connectivity index (χ0v) is 11.2. The quantitative estimate of drug-likeness (QED) is 0.901. The minimum Gasteiger partial charge on any atom is -0.368 e. The molecule has 2 aromatic rings. The molecule has 0 aliphatic rings. The molecule has 0 spiro atoms. The highest BCUT2D eigenvalue weighted by molar-refractivity contribution is 7.10. The van der Waals surface area contributed by atoms with Crippen LogP contribution in [0.25, 0.3) is 0 Å². The highest BCUT2D eigenvalue weighted by atomic mass is 32.1. The molecule has 17 heavy (non-hydrogen) atoms. The third-order valence-electron chi connectivity index (χ3n) is 2.69. The van der Waals surface area contributed by atoms with E-state index in [1.54, 1.807) is 17.5 Å². The van der Waals surface area contributed by atoms with Crippen LogP contribution in [0.15, 0.2) is 29.8 Å². The topological polar surface area (TPSA) is 37.8 Å². The van der Waals surface area contributed by atoms with Crippen molar-refractivity contribution in [3.05, 3.63) is 40.2 Å². The molecule has 2 rings (SSSR count). The Bertz CT molecular complexity index is 477. The van der Waals surface area contributed by atoms with Gasteiger partial charge in [-0.05, 0) is 30.0 Å². The molecule has 0 saturated heterocycles. The molecule has 0 aliphatic heterocycles. The number of aryl methyl sites for hydroxylation is 1. The number of aromatic nitrogens is 2. The van der Waals surface area contributed by atoms with Crippen LogP contribution in [0.4, 0.5) is 5.82 Å². The van der Waals surface area contributed by atoms with Crippen LogP contribution in [0, 0.1) is 6.92 Å².